The number of carbonyl (C=O) groups excluding carboxylic acids is 2. The SMILES string of the molecule is CCCN1CCN(C(=O)[C@H]2CN(S(C)(=O)=O)C[C@@]23OCCNC3=O)CC1. The van der Waals surface area contributed by atoms with Gasteiger partial charge in [-0.25, -0.2) is 8.42 Å². The molecule has 0 bridgehead atoms. The number of nitrogens with one attached hydrogen (secondary N) is 1. The standard InChI is InChI=1S/C16H28N4O5S/c1-3-5-18-6-8-19(9-7-18)14(21)13-11-20(26(2,23)24)12-16(13)15(22)17-4-10-25-16/h13H,3-12H2,1-2H3,(H,17,22)/t13-,16-/m1/s1. The summed E-state index contributed by atoms with van der Waals surface area (Å²) in [5.74, 6) is -1.39. The summed E-state index contributed by atoms with van der Waals surface area (Å²) in [7, 11) is -3.52. The Morgan fingerprint density at radius 1 is 1.31 bits per heavy atom. The summed E-state index contributed by atoms with van der Waals surface area (Å²) in [5, 5.41) is 2.73. The molecule has 9 nitrogen and oxygen atoms in total. The van der Waals surface area contributed by atoms with Crippen LogP contribution in [0, 0.1) is 5.92 Å². The number of morpholine rings is 1. The summed E-state index contributed by atoms with van der Waals surface area (Å²) in [6.45, 7) is 6.42. The van der Waals surface area contributed by atoms with E-state index in [2.05, 4.69) is 17.1 Å². The molecule has 10 heteroatoms. The second-order valence-electron chi connectivity index (χ2n) is 7.27. The highest BCUT2D eigenvalue weighted by molar-refractivity contribution is 7.88. The quantitative estimate of drug-likeness (QED) is 0.618. The van der Waals surface area contributed by atoms with Gasteiger partial charge in [-0.3, -0.25) is 14.5 Å². The van der Waals surface area contributed by atoms with Gasteiger partial charge in [0.2, 0.25) is 15.9 Å². The Labute approximate surface area is 154 Å². The van der Waals surface area contributed by atoms with E-state index in [-0.39, 0.29) is 25.6 Å². The second kappa shape index (κ2) is 7.41. The summed E-state index contributed by atoms with van der Waals surface area (Å²) < 4.78 is 31.0. The lowest BCUT2D eigenvalue weighted by atomic mass is 9.87. The van der Waals surface area contributed by atoms with Gasteiger partial charge in [0.15, 0.2) is 5.60 Å². The van der Waals surface area contributed by atoms with Crippen LogP contribution in [0.5, 0.6) is 0 Å². The van der Waals surface area contributed by atoms with Crippen LogP contribution in [-0.2, 0) is 24.3 Å². The van der Waals surface area contributed by atoms with E-state index < -0.39 is 27.4 Å². The van der Waals surface area contributed by atoms with E-state index >= 15 is 0 Å². The number of nitrogens with zero attached hydrogens (tertiary/aromatic N) is 3. The van der Waals surface area contributed by atoms with Crippen LogP contribution in [0.1, 0.15) is 13.3 Å². The number of hydrogen-bond donors (Lipinski definition) is 1. The molecule has 2 amide bonds. The largest absolute Gasteiger partial charge is 0.361 e. The first-order valence-electron chi connectivity index (χ1n) is 9.16. The van der Waals surface area contributed by atoms with E-state index in [0.29, 0.717) is 19.6 Å². The molecule has 26 heavy (non-hydrogen) atoms. The normalized spacial score (nSPS) is 31.4. The molecule has 1 N–H and O–H groups in total. The number of piperazine rings is 1. The molecule has 0 aromatic rings. The van der Waals surface area contributed by atoms with Crippen molar-refractivity contribution in [2.24, 2.45) is 5.92 Å². The first-order chi connectivity index (χ1) is 12.3. The maximum atomic E-state index is 13.2. The minimum Gasteiger partial charge on any atom is -0.361 e. The monoisotopic (exact) mass is 388 g/mol. The summed E-state index contributed by atoms with van der Waals surface area (Å²) >= 11 is 0. The lowest BCUT2D eigenvalue weighted by molar-refractivity contribution is -0.167. The predicted molar refractivity (Wildman–Crippen MR) is 94.9 cm³/mol. The van der Waals surface area contributed by atoms with Gasteiger partial charge in [-0.1, -0.05) is 6.92 Å². The zero-order chi connectivity index (χ0) is 18.9. The van der Waals surface area contributed by atoms with Crippen molar-refractivity contribution in [1.29, 1.82) is 0 Å². The van der Waals surface area contributed by atoms with Crippen molar-refractivity contribution < 1.29 is 22.7 Å². The van der Waals surface area contributed by atoms with Crippen molar-refractivity contribution in [3.8, 4) is 0 Å². The third-order valence-electron chi connectivity index (χ3n) is 5.48. The molecule has 0 radical (unpaired) electrons. The first kappa shape index (κ1) is 19.5. The number of carbonyl (C=O) groups is 2. The molecule has 0 aromatic heterocycles. The van der Waals surface area contributed by atoms with Gasteiger partial charge in [0.1, 0.15) is 0 Å². The van der Waals surface area contributed by atoms with Gasteiger partial charge in [-0.05, 0) is 13.0 Å². The second-order valence-corrected chi connectivity index (χ2v) is 9.25. The Hall–Kier alpha value is -1.23. The Kier molecular flexibility index (Phi) is 5.57. The zero-order valence-electron chi connectivity index (χ0n) is 15.4. The topological polar surface area (TPSA) is 99.3 Å². The van der Waals surface area contributed by atoms with Crippen LogP contribution in [0.3, 0.4) is 0 Å². The minimum atomic E-state index is -3.52. The van der Waals surface area contributed by atoms with Crippen molar-refractivity contribution in [2.45, 2.75) is 18.9 Å². The Bertz CT molecular complexity index is 662. The molecule has 0 aromatic carbocycles. The number of amides is 2. The fourth-order valence-corrected chi connectivity index (χ4v) is 4.88. The molecular formula is C16H28N4O5S. The zero-order valence-corrected chi connectivity index (χ0v) is 16.3. The minimum absolute atomic E-state index is 0.0136. The Morgan fingerprint density at radius 2 is 2.00 bits per heavy atom. The maximum Gasteiger partial charge on any atom is 0.254 e. The van der Waals surface area contributed by atoms with Crippen molar-refractivity contribution in [3.05, 3.63) is 0 Å². The maximum absolute atomic E-state index is 13.2. The molecule has 0 aliphatic carbocycles. The molecule has 3 rings (SSSR count). The van der Waals surface area contributed by atoms with Gasteiger partial charge in [-0.2, -0.15) is 4.31 Å². The molecule has 2 atom stereocenters. The lowest BCUT2D eigenvalue weighted by Gasteiger charge is -2.40. The van der Waals surface area contributed by atoms with E-state index in [0.717, 1.165) is 32.3 Å². The van der Waals surface area contributed by atoms with Gasteiger partial charge < -0.3 is 15.0 Å². The van der Waals surface area contributed by atoms with Crippen LogP contribution in [-0.4, -0.2) is 105 Å². The Morgan fingerprint density at radius 3 is 2.58 bits per heavy atom. The number of rotatable bonds is 4. The van der Waals surface area contributed by atoms with Gasteiger partial charge >= 0.3 is 0 Å². The highest BCUT2D eigenvalue weighted by atomic mass is 32.2. The highest BCUT2D eigenvalue weighted by Gasteiger charge is 2.60. The van der Waals surface area contributed by atoms with E-state index in [1.807, 2.05) is 0 Å². The third kappa shape index (κ3) is 3.60. The van der Waals surface area contributed by atoms with Gasteiger partial charge in [-0.15, -0.1) is 0 Å². The van der Waals surface area contributed by atoms with Crippen molar-refractivity contribution >= 4 is 21.8 Å². The third-order valence-corrected chi connectivity index (χ3v) is 6.70. The molecular weight excluding hydrogens is 360 g/mol. The number of hydrogen-bond acceptors (Lipinski definition) is 6. The van der Waals surface area contributed by atoms with Crippen molar-refractivity contribution in [3.63, 3.8) is 0 Å². The predicted octanol–water partition coefficient (Wildman–Crippen LogP) is -1.68. The summed E-state index contributed by atoms with van der Waals surface area (Å²) in [6.07, 6.45) is 2.16. The van der Waals surface area contributed by atoms with E-state index in [1.165, 1.54) is 4.31 Å². The van der Waals surface area contributed by atoms with E-state index in [4.69, 9.17) is 4.74 Å². The first-order valence-corrected chi connectivity index (χ1v) is 11.0. The van der Waals surface area contributed by atoms with Crippen LogP contribution in [0.4, 0.5) is 0 Å². The van der Waals surface area contributed by atoms with Crippen molar-refractivity contribution in [2.75, 3.05) is 65.2 Å². The molecule has 3 aliphatic heterocycles. The van der Waals surface area contributed by atoms with Crippen LogP contribution >= 0.6 is 0 Å². The van der Waals surface area contributed by atoms with Crippen molar-refractivity contribution in [1.82, 2.24) is 19.4 Å². The molecule has 3 fully saturated rings. The smallest absolute Gasteiger partial charge is 0.254 e. The number of ether oxygens (including phenoxy) is 1. The highest BCUT2D eigenvalue weighted by Crippen LogP contribution is 2.36. The summed E-state index contributed by atoms with van der Waals surface area (Å²) in [5.41, 5.74) is -1.42. The Balaban J connectivity index is 1.79. The van der Waals surface area contributed by atoms with Gasteiger partial charge in [0.25, 0.3) is 5.91 Å². The lowest BCUT2D eigenvalue weighted by Crippen LogP contribution is -2.63. The molecule has 0 saturated carbocycles. The molecule has 1 spiro atoms. The average molecular weight is 388 g/mol. The molecule has 0 unspecified atom stereocenters. The average Bonchev–Trinajstić information content (AvgIpc) is 2.99. The van der Waals surface area contributed by atoms with E-state index in [9.17, 15) is 18.0 Å². The van der Waals surface area contributed by atoms with Gasteiger partial charge in [0, 0.05) is 39.3 Å². The van der Waals surface area contributed by atoms with Gasteiger partial charge in [0.05, 0.1) is 25.3 Å². The van der Waals surface area contributed by atoms with Crippen LogP contribution in [0.2, 0.25) is 0 Å². The molecule has 3 aliphatic rings. The fourth-order valence-electron chi connectivity index (χ4n) is 4.04. The van der Waals surface area contributed by atoms with Crippen LogP contribution in [0.25, 0.3) is 0 Å². The number of sulfonamides is 1. The molecule has 3 heterocycles. The van der Waals surface area contributed by atoms with Crippen LogP contribution in [0.15, 0.2) is 0 Å². The summed E-state index contributed by atoms with van der Waals surface area (Å²) in [4.78, 5) is 29.8. The van der Waals surface area contributed by atoms with Crippen LogP contribution < -0.4 is 5.32 Å². The molecule has 3 saturated heterocycles. The summed E-state index contributed by atoms with van der Waals surface area (Å²) in [6, 6.07) is 0. The molecule has 148 valence electrons. The fraction of sp³-hybridized carbons (Fsp3) is 0.875. The van der Waals surface area contributed by atoms with E-state index in [1.54, 1.807) is 4.90 Å².